The van der Waals surface area contributed by atoms with Gasteiger partial charge in [-0.15, -0.1) is 0 Å². The van der Waals surface area contributed by atoms with Crippen LogP contribution in [-0.4, -0.2) is 17.1 Å². The van der Waals surface area contributed by atoms with Crippen molar-refractivity contribution in [1.82, 2.24) is 5.32 Å². The van der Waals surface area contributed by atoms with Gasteiger partial charge >= 0.3 is 5.97 Å². The van der Waals surface area contributed by atoms with E-state index in [9.17, 15) is 4.79 Å². The summed E-state index contributed by atoms with van der Waals surface area (Å²) in [6.07, 6.45) is 0.149. The second-order valence-corrected chi connectivity index (χ2v) is 4.27. The predicted octanol–water partition coefficient (Wildman–Crippen LogP) is 2.25. The summed E-state index contributed by atoms with van der Waals surface area (Å²) in [6, 6.07) is 0.303. The Morgan fingerprint density at radius 2 is 1.86 bits per heavy atom. The topological polar surface area (TPSA) is 49.3 Å². The molecular formula is C11H21NO2. The number of carbonyl (C=O) groups is 1. The molecule has 3 heteroatoms. The molecule has 0 fully saturated rings. The fourth-order valence-electron chi connectivity index (χ4n) is 1.43. The van der Waals surface area contributed by atoms with Crippen LogP contribution in [0.5, 0.6) is 0 Å². The summed E-state index contributed by atoms with van der Waals surface area (Å²) in [5.74, 6) is -0.463. The van der Waals surface area contributed by atoms with Crippen LogP contribution in [-0.2, 0) is 4.79 Å². The molecule has 2 N–H and O–H groups in total. The van der Waals surface area contributed by atoms with Crippen LogP contribution in [0.1, 0.15) is 34.1 Å². The molecule has 0 amide bonds. The van der Waals surface area contributed by atoms with Crippen molar-refractivity contribution < 1.29 is 9.90 Å². The van der Waals surface area contributed by atoms with Gasteiger partial charge in [0.15, 0.2) is 0 Å². The molecule has 0 aromatic heterocycles. The van der Waals surface area contributed by atoms with Gasteiger partial charge in [0.25, 0.3) is 0 Å². The maximum absolute atomic E-state index is 10.6. The third-order valence-electron chi connectivity index (χ3n) is 2.12. The lowest BCUT2D eigenvalue weighted by Gasteiger charge is -2.24. The largest absolute Gasteiger partial charge is 0.481 e. The molecule has 0 rings (SSSR count). The summed E-state index contributed by atoms with van der Waals surface area (Å²) >= 11 is 0. The lowest BCUT2D eigenvalue weighted by molar-refractivity contribution is -0.138. The number of rotatable bonds is 6. The molecule has 14 heavy (non-hydrogen) atoms. The summed E-state index contributed by atoms with van der Waals surface area (Å²) in [6.45, 7) is 12.0. The molecule has 0 saturated heterocycles. The Kier molecular flexibility index (Phi) is 5.28. The molecule has 0 aliphatic carbocycles. The van der Waals surface area contributed by atoms with Gasteiger partial charge in [0.05, 0.1) is 6.42 Å². The zero-order chi connectivity index (χ0) is 11.3. The van der Waals surface area contributed by atoms with Crippen LogP contribution in [0.4, 0.5) is 0 Å². The first-order valence-corrected chi connectivity index (χ1v) is 5.01. The van der Waals surface area contributed by atoms with Gasteiger partial charge in [-0.3, -0.25) is 4.79 Å². The molecule has 0 heterocycles. The minimum atomic E-state index is -0.768. The summed E-state index contributed by atoms with van der Waals surface area (Å²) in [5, 5.41) is 11.9. The van der Waals surface area contributed by atoms with Crippen LogP contribution in [0.3, 0.4) is 0 Å². The molecule has 1 unspecified atom stereocenters. The van der Waals surface area contributed by atoms with E-state index >= 15 is 0 Å². The third kappa shape index (κ3) is 4.90. The first kappa shape index (κ1) is 13.0. The summed E-state index contributed by atoms with van der Waals surface area (Å²) in [4.78, 5) is 10.6. The standard InChI is InChI=1S/C11H21NO2/c1-7(2)10(6-11(13)14)9(5)12-8(3)4/h7-8,10,12H,5-6H2,1-4H3,(H,13,14). The maximum Gasteiger partial charge on any atom is 0.304 e. The molecule has 0 bridgehead atoms. The van der Waals surface area contributed by atoms with Crippen LogP contribution in [0, 0.1) is 11.8 Å². The normalized spacial score (nSPS) is 13.0. The fourth-order valence-corrected chi connectivity index (χ4v) is 1.43. The van der Waals surface area contributed by atoms with Crippen molar-refractivity contribution >= 4 is 5.97 Å². The van der Waals surface area contributed by atoms with Crippen LogP contribution in [0.2, 0.25) is 0 Å². The van der Waals surface area contributed by atoms with Gasteiger partial charge < -0.3 is 10.4 Å². The lowest BCUT2D eigenvalue weighted by Crippen LogP contribution is -2.29. The molecule has 0 aliphatic heterocycles. The smallest absolute Gasteiger partial charge is 0.304 e. The van der Waals surface area contributed by atoms with Crippen molar-refractivity contribution in [2.24, 2.45) is 11.8 Å². The SMILES string of the molecule is C=C(NC(C)C)C(CC(=O)O)C(C)C. The Bertz CT molecular complexity index is 209. The van der Waals surface area contributed by atoms with Crippen molar-refractivity contribution in [2.75, 3.05) is 0 Å². The van der Waals surface area contributed by atoms with Crippen molar-refractivity contribution in [3.63, 3.8) is 0 Å². The van der Waals surface area contributed by atoms with Crippen molar-refractivity contribution in [1.29, 1.82) is 0 Å². The van der Waals surface area contributed by atoms with Gasteiger partial charge in [0, 0.05) is 17.7 Å². The van der Waals surface area contributed by atoms with Crippen LogP contribution < -0.4 is 5.32 Å². The zero-order valence-electron chi connectivity index (χ0n) is 9.50. The number of aliphatic carboxylic acids is 1. The number of carboxylic acid groups (broad SMARTS) is 1. The third-order valence-corrected chi connectivity index (χ3v) is 2.12. The fraction of sp³-hybridized carbons (Fsp3) is 0.727. The number of allylic oxidation sites excluding steroid dienone is 1. The van der Waals surface area contributed by atoms with E-state index in [1.165, 1.54) is 0 Å². The van der Waals surface area contributed by atoms with Gasteiger partial charge in [-0.1, -0.05) is 20.4 Å². The number of hydrogen-bond acceptors (Lipinski definition) is 2. The molecule has 0 saturated carbocycles. The minimum Gasteiger partial charge on any atom is -0.481 e. The molecule has 0 aliphatic rings. The lowest BCUT2D eigenvalue weighted by atomic mass is 9.89. The van der Waals surface area contributed by atoms with Crippen LogP contribution >= 0.6 is 0 Å². The number of nitrogens with one attached hydrogen (secondary N) is 1. The maximum atomic E-state index is 10.6. The van der Waals surface area contributed by atoms with E-state index in [1.807, 2.05) is 27.7 Å². The average Bonchev–Trinajstić information content (AvgIpc) is 1.97. The molecule has 0 aromatic rings. The molecule has 0 radical (unpaired) electrons. The Morgan fingerprint density at radius 1 is 1.36 bits per heavy atom. The van der Waals surface area contributed by atoms with Gasteiger partial charge in [-0.05, 0) is 19.8 Å². The quantitative estimate of drug-likeness (QED) is 0.689. The highest BCUT2D eigenvalue weighted by Gasteiger charge is 2.20. The predicted molar refractivity (Wildman–Crippen MR) is 58.0 cm³/mol. The van der Waals surface area contributed by atoms with Gasteiger partial charge in [0.2, 0.25) is 0 Å². The average molecular weight is 199 g/mol. The second-order valence-electron chi connectivity index (χ2n) is 4.27. The molecule has 3 nitrogen and oxygen atoms in total. The molecule has 82 valence electrons. The number of carboxylic acids is 1. The number of hydrogen-bond donors (Lipinski definition) is 2. The highest BCUT2D eigenvalue weighted by Crippen LogP contribution is 2.21. The molecule has 1 atom stereocenters. The van der Waals surface area contributed by atoms with E-state index < -0.39 is 5.97 Å². The van der Waals surface area contributed by atoms with Gasteiger partial charge in [-0.2, -0.15) is 0 Å². The minimum absolute atomic E-state index is 0.00917. The van der Waals surface area contributed by atoms with E-state index in [4.69, 9.17) is 5.11 Å². The summed E-state index contributed by atoms with van der Waals surface area (Å²) in [7, 11) is 0. The Balaban J connectivity index is 4.33. The van der Waals surface area contributed by atoms with Crippen molar-refractivity contribution in [2.45, 2.75) is 40.2 Å². The monoisotopic (exact) mass is 199 g/mol. The van der Waals surface area contributed by atoms with E-state index in [2.05, 4.69) is 11.9 Å². The Labute approximate surface area is 86.2 Å². The highest BCUT2D eigenvalue weighted by molar-refractivity contribution is 5.67. The Hall–Kier alpha value is -0.990. The Morgan fingerprint density at radius 3 is 2.14 bits per heavy atom. The van der Waals surface area contributed by atoms with E-state index in [0.29, 0.717) is 12.0 Å². The van der Waals surface area contributed by atoms with Crippen LogP contribution in [0.25, 0.3) is 0 Å². The van der Waals surface area contributed by atoms with Crippen molar-refractivity contribution in [3.05, 3.63) is 12.3 Å². The summed E-state index contributed by atoms with van der Waals surface area (Å²) < 4.78 is 0. The van der Waals surface area contributed by atoms with Crippen LogP contribution in [0.15, 0.2) is 12.3 Å². The first-order chi connectivity index (χ1) is 6.34. The van der Waals surface area contributed by atoms with E-state index in [-0.39, 0.29) is 12.3 Å². The molecule has 0 spiro atoms. The summed E-state index contributed by atoms with van der Waals surface area (Å²) in [5.41, 5.74) is 0.831. The van der Waals surface area contributed by atoms with Gasteiger partial charge in [-0.25, -0.2) is 0 Å². The van der Waals surface area contributed by atoms with Crippen molar-refractivity contribution in [3.8, 4) is 0 Å². The van der Waals surface area contributed by atoms with E-state index in [0.717, 1.165) is 5.70 Å². The zero-order valence-corrected chi connectivity index (χ0v) is 9.50. The molecular weight excluding hydrogens is 178 g/mol. The van der Waals surface area contributed by atoms with E-state index in [1.54, 1.807) is 0 Å². The highest BCUT2D eigenvalue weighted by atomic mass is 16.4. The second kappa shape index (κ2) is 5.68. The first-order valence-electron chi connectivity index (χ1n) is 5.01. The van der Waals surface area contributed by atoms with Gasteiger partial charge in [0.1, 0.15) is 0 Å². The molecule has 0 aromatic carbocycles.